The smallest absolute Gasteiger partial charge is 0.410 e. The highest BCUT2D eigenvalue weighted by Crippen LogP contribution is 2.38. The van der Waals surface area contributed by atoms with Gasteiger partial charge in [0.05, 0.1) is 6.54 Å². The first-order valence-corrected chi connectivity index (χ1v) is 12.0. The van der Waals surface area contributed by atoms with Crippen LogP contribution in [0.2, 0.25) is 0 Å². The molecule has 10 nitrogen and oxygen atoms in total. The Labute approximate surface area is 205 Å². The van der Waals surface area contributed by atoms with Gasteiger partial charge in [-0.15, -0.1) is 0 Å². The summed E-state index contributed by atoms with van der Waals surface area (Å²) in [5, 5.41) is 2.73. The average molecular weight is 490 g/mol. The minimum atomic E-state index is -0.772. The van der Waals surface area contributed by atoms with Crippen LogP contribution in [-0.4, -0.2) is 65.5 Å². The molecule has 3 heterocycles. The molecule has 0 saturated carbocycles. The van der Waals surface area contributed by atoms with E-state index in [0.29, 0.717) is 37.6 Å². The highest BCUT2D eigenvalue weighted by molar-refractivity contribution is 5.86. The summed E-state index contributed by atoms with van der Waals surface area (Å²) in [6.45, 7) is 12.8. The van der Waals surface area contributed by atoms with Crippen molar-refractivity contribution in [3.8, 4) is 11.5 Å². The largest absolute Gasteiger partial charge is 0.454 e. The molecule has 3 amide bonds. The first-order chi connectivity index (χ1) is 16.3. The van der Waals surface area contributed by atoms with E-state index in [1.807, 2.05) is 32.9 Å². The molecule has 1 saturated heterocycles. The second-order valence-corrected chi connectivity index (χ2v) is 11.4. The molecule has 0 aromatic heterocycles. The number of hydrogen-bond donors (Lipinski definition) is 1. The van der Waals surface area contributed by atoms with Crippen molar-refractivity contribution in [3.05, 3.63) is 23.3 Å². The number of alkyl carbamates (subject to hydrolysis) is 1. The van der Waals surface area contributed by atoms with Crippen molar-refractivity contribution in [2.75, 3.05) is 19.9 Å². The summed E-state index contributed by atoms with van der Waals surface area (Å²) in [5.41, 5.74) is 0.821. The minimum Gasteiger partial charge on any atom is -0.454 e. The molecule has 1 fully saturated rings. The second-order valence-electron chi connectivity index (χ2n) is 11.4. The molecule has 0 radical (unpaired) electrons. The summed E-state index contributed by atoms with van der Waals surface area (Å²) in [7, 11) is 0. The van der Waals surface area contributed by atoms with Gasteiger partial charge in [0, 0.05) is 26.1 Å². The van der Waals surface area contributed by atoms with E-state index in [1.54, 1.807) is 30.6 Å². The van der Waals surface area contributed by atoms with E-state index in [2.05, 4.69) is 5.32 Å². The normalized spacial score (nSPS) is 19.9. The third kappa shape index (κ3) is 5.74. The molecular weight excluding hydrogens is 454 g/mol. The van der Waals surface area contributed by atoms with Gasteiger partial charge in [-0.3, -0.25) is 9.69 Å². The number of ether oxygens (including phenoxy) is 4. The average Bonchev–Trinajstić information content (AvgIpc) is 3.46. The van der Waals surface area contributed by atoms with Crippen LogP contribution in [0.4, 0.5) is 9.59 Å². The predicted octanol–water partition coefficient (Wildman–Crippen LogP) is 3.41. The molecule has 35 heavy (non-hydrogen) atoms. The second kappa shape index (κ2) is 9.13. The van der Waals surface area contributed by atoms with Crippen molar-refractivity contribution in [3.63, 3.8) is 0 Å². The Balaban J connectivity index is 1.32. The van der Waals surface area contributed by atoms with Crippen LogP contribution in [0.5, 0.6) is 11.5 Å². The van der Waals surface area contributed by atoms with Gasteiger partial charge >= 0.3 is 12.2 Å². The van der Waals surface area contributed by atoms with Crippen molar-refractivity contribution in [1.82, 2.24) is 15.1 Å². The SMILES string of the molecule is CC(C)(C)OC(=O)N[C@H](C(=O)N1CC[C@@H](OC(=O)N2Cc3cc4c(cc3C2)OCO4)C1)C(C)(C)C. The lowest BCUT2D eigenvalue weighted by Crippen LogP contribution is -2.55. The van der Waals surface area contributed by atoms with Crippen molar-refractivity contribution >= 4 is 18.1 Å². The zero-order valence-electron chi connectivity index (χ0n) is 21.3. The number of carbonyl (C=O) groups is 3. The Hall–Kier alpha value is -3.17. The molecule has 3 aliphatic heterocycles. The molecule has 1 aromatic rings. The van der Waals surface area contributed by atoms with Crippen LogP contribution < -0.4 is 14.8 Å². The topological polar surface area (TPSA) is 107 Å². The zero-order chi connectivity index (χ0) is 25.5. The monoisotopic (exact) mass is 489 g/mol. The van der Waals surface area contributed by atoms with Gasteiger partial charge in [-0.25, -0.2) is 9.59 Å². The Morgan fingerprint density at radius 3 is 2.14 bits per heavy atom. The fraction of sp³-hybridized carbons (Fsp3) is 0.640. The number of fused-ring (bicyclic) bond motifs is 2. The number of hydrogen-bond acceptors (Lipinski definition) is 7. The van der Waals surface area contributed by atoms with Gasteiger partial charge in [-0.2, -0.15) is 0 Å². The van der Waals surface area contributed by atoms with Gasteiger partial charge in [0.1, 0.15) is 17.7 Å². The molecule has 0 aliphatic carbocycles. The molecule has 192 valence electrons. The lowest BCUT2D eigenvalue weighted by molar-refractivity contribution is -0.135. The Morgan fingerprint density at radius 1 is 1.00 bits per heavy atom. The fourth-order valence-electron chi connectivity index (χ4n) is 4.42. The Kier molecular flexibility index (Phi) is 6.50. The van der Waals surface area contributed by atoms with E-state index in [1.165, 1.54) is 0 Å². The van der Waals surface area contributed by atoms with E-state index in [9.17, 15) is 14.4 Å². The van der Waals surface area contributed by atoms with Gasteiger partial charge in [0.15, 0.2) is 11.5 Å². The maximum atomic E-state index is 13.3. The summed E-state index contributed by atoms with van der Waals surface area (Å²) >= 11 is 0. The molecular formula is C25H35N3O7. The zero-order valence-corrected chi connectivity index (χ0v) is 21.3. The van der Waals surface area contributed by atoms with Gasteiger partial charge in [-0.05, 0) is 49.4 Å². The lowest BCUT2D eigenvalue weighted by Gasteiger charge is -2.34. The van der Waals surface area contributed by atoms with Crippen LogP contribution in [-0.2, 0) is 27.4 Å². The van der Waals surface area contributed by atoms with E-state index >= 15 is 0 Å². The molecule has 2 atom stereocenters. The molecule has 0 bridgehead atoms. The third-order valence-corrected chi connectivity index (χ3v) is 6.17. The number of rotatable bonds is 3. The maximum absolute atomic E-state index is 13.3. The number of nitrogens with zero attached hydrogens (tertiary/aromatic N) is 2. The quantitative estimate of drug-likeness (QED) is 0.693. The fourth-order valence-corrected chi connectivity index (χ4v) is 4.42. The molecule has 1 aromatic carbocycles. The van der Waals surface area contributed by atoms with Crippen LogP contribution in [0.15, 0.2) is 12.1 Å². The maximum Gasteiger partial charge on any atom is 0.410 e. The third-order valence-electron chi connectivity index (χ3n) is 6.17. The Morgan fingerprint density at radius 2 is 1.60 bits per heavy atom. The van der Waals surface area contributed by atoms with Crippen molar-refractivity contribution in [1.29, 1.82) is 0 Å². The molecule has 3 aliphatic rings. The standard InChI is InChI=1S/C25H35N3O7/c1-24(2,3)20(26-22(30)35-25(4,5)6)21(29)27-8-7-17(13-27)34-23(31)28-11-15-9-18-19(33-14-32-18)10-16(15)12-28/h9-10,17,20H,7-8,11-14H2,1-6H3,(H,26,30)/t17-,20-/m1/s1. The first-order valence-electron chi connectivity index (χ1n) is 12.0. The molecule has 10 heteroatoms. The number of amides is 3. The number of likely N-dealkylation sites (tertiary alicyclic amines) is 1. The molecule has 0 spiro atoms. The van der Waals surface area contributed by atoms with Crippen LogP contribution >= 0.6 is 0 Å². The van der Waals surface area contributed by atoms with Crippen LogP contribution in [0.1, 0.15) is 59.1 Å². The first kappa shape index (κ1) is 24.9. The van der Waals surface area contributed by atoms with Gasteiger partial charge in [0.2, 0.25) is 12.7 Å². The van der Waals surface area contributed by atoms with E-state index in [0.717, 1.165) is 11.1 Å². The predicted molar refractivity (Wildman–Crippen MR) is 126 cm³/mol. The van der Waals surface area contributed by atoms with Crippen molar-refractivity contribution in [2.24, 2.45) is 5.41 Å². The lowest BCUT2D eigenvalue weighted by atomic mass is 9.86. The minimum absolute atomic E-state index is 0.213. The number of nitrogens with one attached hydrogen (secondary N) is 1. The highest BCUT2D eigenvalue weighted by Gasteiger charge is 2.40. The van der Waals surface area contributed by atoms with Gasteiger partial charge in [0.25, 0.3) is 0 Å². The van der Waals surface area contributed by atoms with Crippen LogP contribution in [0, 0.1) is 5.41 Å². The van der Waals surface area contributed by atoms with E-state index in [-0.39, 0.29) is 19.2 Å². The summed E-state index contributed by atoms with van der Waals surface area (Å²) in [6, 6.07) is 3.04. The summed E-state index contributed by atoms with van der Waals surface area (Å²) in [4.78, 5) is 41.8. The summed E-state index contributed by atoms with van der Waals surface area (Å²) in [5.74, 6) is 1.17. The highest BCUT2D eigenvalue weighted by atomic mass is 16.7. The van der Waals surface area contributed by atoms with Crippen LogP contribution in [0.3, 0.4) is 0 Å². The summed E-state index contributed by atoms with van der Waals surface area (Å²) < 4.78 is 21.9. The van der Waals surface area contributed by atoms with Crippen LogP contribution in [0.25, 0.3) is 0 Å². The van der Waals surface area contributed by atoms with E-state index < -0.39 is 35.3 Å². The summed E-state index contributed by atoms with van der Waals surface area (Å²) in [6.07, 6.45) is -0.920. The van der Waals surface area contributed by atoms with Crippen molar-refractivity contribution < 1.29 is 33.3 Å². The molecule has 0 unspecified atom stereocenters. The number of benzene rings is 1. The number of carbonyl (C=O) groups excluding carboxylic acids is 3. The molecule has 1 N–H and O–H groups in total. The van der Waals surface area contributed by atoms with Gasteiger partial charge < -0.3 is 29.2 Å². The van der Waals surface area contributed by atoms with Crippen molar-refractivity contribution in [2.45, 2.75) is 78.8 Å². The Bertz CT molecular complexity index is 979. The molecule has 4 rings (SSSR count). The van der Waals surface area contributed by atoms with Gasteiger partial charge in [-0.1, -0.05) is 20.8 Å². The van der Waals surface area contributed by atoms with E-state index in [4.69, 9.17) is 18.9 Å².